The van der Waals surface area contributed by atoms with E-state index >= 15 is 0 Å². The molecule has 0 amide bonds. The summed E-state index contributed by atoms with van der Waals surface area (Å²) in [6.45, 7) is 1.51. The van der Waals surface area contributed by atoms with Crippen molar-refractivity contribution in [2.24, 2.45) is 0 Å². The van der Waals surface area contributed by atoms with Crippen LogP contribution in [-0.2, 0) is 5.88 Å². The summed E-state index contributed by atoms with van der Waals surface area (Å²) in [4.78, 5) is 10.7. The zero-order chi connectivity index (χ0) is 7.56. The van der Waals surface area contributed by atoms with Crippen molar-refractivity contribution < 1.29 is 4.79 Å². The molecule has 0 aliphatic rings. The van der Waals surface area contributed by atoms with Gasteiger partial charge in [0.15, 0.2) is 0 Å². The van der Waals surface area contributed by atoms with Crippen molar-refractivity contribution in [2.75, 3.05) is 0 Å². The van der Waals surface area contributed by atoms with E-state index in [-0.39, 0.29) is 5.91 Å². The summed E-state index contributed by atoms with van der Waals surface area (Å²) in [6, 6.07) is 1.83. The summed E-state index contributed by atoms with van der Waals surface area (Å²) < 4.78 is 1.51. The van der Waals surface area contributed by atoms with Crippen LogP contribution in [0.3, 0.4) is 0 Å². The van der Waals surface area contributed by atoms with Crippen LogP contribution in [0, 0.1) is 0 Å². The van der Waals surface area contributed by atoms with Gasteiger partial charge in [-0.1, -0.05) is 0 Å². The minimum atomic E-state index is 0.0105. The van der Waals surface area contributed by atoms with Gasteiger partial charge < -0.3 is 0 Å². The predicted molar refractivity (Wildman–Crippen MR) is 40.3 cm³/mol. The number of halogens is 1. The van der Waals surface area contributed by atoms with E-state index in [2.05, 4.69) is 0 Å². The van der Waals surface area contributed by atoms with E-state index in [1.165, 1.54) is 11.5 Å². The van der Waals surface area contributed by atoms with Gasteiger partial charge in [-0.3, -0.25) is 9.36 Å². The Morgan fingerprint density at radius 1 is 1.80 bits per heavy atom. The highest BCUT2D eigenvalue weighted by molar-refractivity contribution is 6.17. The first-order valence-corrected chi connectivity index (χ1v) is 3.51. The minimum Gasteiger partial charge on any atom is -0.295 e. The molecule has 0 radical (unpaired) electrons. The average Bonchev–Trinajstić information content (AvgIpc) is 2.34. The maximum atomic E-state index is 10.7. The zero-order valence-electron chi connectivity index (χ0n) is 5.67. The number of carbonyl (C=O) groups is 1. The molecule has 1 aromatic heterocycles. The lowest BCUT2D eigenvalue weighted by molar-refractivity contribution is 0.0937. The van der Waals surface area contributed by atoms with Crippen molar-refractivity contribution in [3.8, 4) is 0 Å². The van der Waals surface area contributed by atoms with E-state index in [0.29, 0.717) is 5.88 Å². The van der Waals surface area contributed by atoms with Crippen LogP contribution in [0.5, 0.6) is 0 Å². The molecular formula is C7H8ClNO. The number of alkyl halides is 1. The van der Waals surface area contributed by atoms with Gasteiger partial charge in [0.25, 0.3) is 0 Å². The van der Waals surface area contributed by atoms with Crippen LogP contribution < -0.4 is 0 Å². The lowest BCUT2D eigenvalue weighted by Gasteiger charge is -1.90. The summed E-state index contributed by atoms with van der Waals surface area (Å²) in [5.74, 6) is 0.469. The summed E-state index contributed by atoms with van der Waals surface area (Å²) >= 11 is 5.52. The largest absolute Gasteiger partial charge is 0.295 e. The molecule has 0 fully saturated rings. The fourth-order valence-corrected chi connectivity index (χ4v) is 0.874. The van der Waals surface area contributed by atoms with Gasteiger partial charge in [-0.15, -0.1) is 11.6 Å². The molecule has 0 aromatic carbocycles. The molecule has 0 saturated heterocycles. The van der Waals surface area contributed by atoms with Crippen LogP contribution >= 0.6 is 11.6 Å². The van der Waals surface area contributed by atoms with Gasteiger partial charge in [0.1, 0.15) is 0 Å². The first-order chi connectivity index (χ1) is 4.74. The third-order valence-corrected chi connectivity index (χ3v) is 1.58. The van der Waals surface area contributed by atoms with Gasteiger partial charge in [-0.25, -0.2) is 0 Å². The first-order valence-electron chi connectivity index (χ1n) is 2.98. The monoisotopic (exact) mass is 157 g/mol. The molecule has 54 valence electrons. The Hall–Kier alpha value is -0.760. The van der Waals surface area contributed by atoms with E-state index in [0.717, 1.165) is 5.56 Å². The Balaban J connectivity index is 2.88. The van der Waals surface area contributed by atoms with E-state index < -0.39 is 0 Å². The van der Waals surface area contributed by atoms with Gasteiger partial charge in [0.05, 0.1) is 0 Å². The van der Waals surface area contributed by atoms with Crippen molar-refractivity contribution in [3.05, 3.63) is 24.0 Å². The maximum Gasteiger partial charge on any atom is 0.227 e. The highest BCUT2D eigenvalue weighted by atomic mass is 35.5. The molecule has 0 aliphatic heterocycles. The Morgan fingerprint density at radius 3 is 2.80 bits per heavy atom. The molecular weight excluding hydrogens is 150 g/mol. The Kier molecular flexibility index (Phi) is 2.12. The van der Waals surface area contributed by atoms with Crippen LogP contribution in [0.1, 0.15) is 17.3 Å². The fourth-order valence-electron chi connectivity index (χ4n) is 0.716. The number of aromatic nitrogens is 1. The SMILES string of the molecule is CC(=O)n1ccc(CCl)c1. The van der Waals surface area contributed by atoms with Crippen LogP contribution in [0.2, 0.25) is 0 Å². The standard InChI is InChI=1S/C7H8ClNO/c1-6(10)9-3-2-7(4-8)5-9/h2-3,5H,4H2,1H3. The molecule has 0 saturated carbocycles. The van der Waals surface area contributed by atoms with E-state index in [1.54, 1.807) is 12.4 Å². The second-order valence-corrected chi connectivity index (χ2v) is 2.35. The van der Waals surface area contributed by atoms with E-state index in [4.69, 9.17) is 11.6 Å². The maximum absolute atomic E-state index is 10.7. The summed E-state index contributed by atoms with van der Waals surface area (Å²) in [5, 5.41) is 0. The third-order valence-electron chi connectivity index (χ3n) is 1.27. The predicted octanol–water partition coefficient (Wildman–Crippen LogP) is 1.89. The smallest absolute Gasteiger partial charge is 0.227 e. The normalized spacial score (nSPS) is 9.80. The van der Waals surface area contributed by atoms with Gasteiger partial charge >= 0.3 is 0 Å². The Labute approximate surface area is 64.4 Å². The molecule has 3 heteroatoms. The molecule has 0 unspecified atom stereocenters. The van der Waals surface area contributed by atoms with Crippen molar-refractivity contribution in [2.45, 2.75) is 12.8 Å². The molecule has 1 heterocycles. The zero-order valence-corrected chi connectivity index (χ0v) is 6.43. The van der Waals surface area contributed by atoms with Crippen LogP contribution in [0.25, 0.3) is 0 Å². The van der Waals surface area contributed by atoms with Crippen LogP contribution in [0.4, 0.5) is 0 Å². The molecule has 0 N–H and O–H groups in total. The second-order valence-electron chi connectivity index (χ2n) is 2.08. The third kappa shape index (κ3) is 1.39. The molecule has 1 rings (SSSR count). The summed E-state index contributed by atoms with van der Waals surface area (Å²) in [6.07, 6.45) is 3.44. The van der Waals surface area contributed by atoms with Gasteiger partial charge in [0.2, 0.25) is 5.91 Å². The van der Waals surface area contributed by atoms with Gasteiger partial charge in [-0.05, 0) is 11.6 Å². The Morgan fingerprint density at radius 2 is 2.50 bits per heavy atom. The average molecular weight is 158 g/mol. The first kappa shape index (κ1) is 7.35. The Bertz CT molecular complexity index is 242. The van der Waals surface area contributed by atoms with Crippen molar-refractivity contribution >= 4 is 17.5 Å². The number of rotatable bonds is 1. The van der Waals surface area contributed by atoms with E-state index in [1.807, 2.05) is 6.07 Å². The molecule has 0 atom stereocenters. The molecule has 10 heavy (non-hydrogen) atoms. The summed E-state index contributed by atoms with van der Waals surface area (Å²) in [5.41, 5.74) is 0.969. The molecule has 0 bridgehead atoms. The topological polar surface area (TPSA) is 22.0 Å². The van der Waals surface area contributed by atoms with Crippen molar-refractivity contribution in [3.63, 3.8) is 0 Å². The molecule has 2 nitrogen and oxygen atoms in total. The second kappa shape index (κ2) is 2.88. The van der Waals surface area contributed by atoms with E-state index in [9.17, 15) is 4.79 Å². The fraction of sp³-hybridized carbons (Fsp3) is 0.286. The molecule has 0 spiro atoms. The molecule has 1 aromatic rings. The number of hydrogen-bond donors (Lipinski definition) is 0. The van der Waals surface area contributed by atoms with Gasteiger partial charge in [0, 0.05) is 25.2 Å². The van der Waals surface area contributed by atoms with Gasteiger partial charge in [-0.2, -0.15) is 0 Å². The van der Waals surface area contributed by atoms with Crippen LogP contribution in [-0.4, -0.2) is 10.5 Å². The van der Waals surface area contributed by atoms with Crippen molar-refractivity contribution in [1.29, 1.82) is 0 Å². The quantitative estimate of drug-likeness (QED) is 0.571. The highest BCUT2D eigenvalue weighted by Crippen LogP contribution is 2.03. The lowest BCUT2D eigenvalue weighted by Crippen LogP contribution is -2.00. The lowest BCUT2D eigenvalue weighted by atomic mass is 10.4. The number of hydrogen-bond acceptors (Lipinski definition) is 1. The van der Waals surface area contributed by atoms with Crippen LogP contribution in [0.15, 0.2) is 18.5 Å². The molecule has 0 aliphatic carbocycles. The number of carbonyl (C=O) groups excluding carboxylic acids is 1. The summed E-state index contributed by atoms with van der Waals surface area (Å²) in [7, 11) is 0. The van der Waals surface area contributed by atoms with Crippen molar-refractivity contribution in [1.82, 2.24) is 4.57 Å². The number of nitrogens with zero attached hydrogens (tertiary/aromatic N) is 1. The minimum absolute atomic E-state index is 0.0105. The highest BCUT2D eigenvalue weighted by Gasteiger charge is 1.97.